The highest BCUT2D eigenvalue weighted by atomic mass is 32.1. The molecule has 1 N–H and O–H groups in total. The van der Waals surface area contributed by atoms with Gasteiger partial charge in [0.1, 0.15) is 12.6 Å². The number of aromatic nitrogens is 1. The van der Waals surface area contributed by atoms with Crippen molar-refractivity contribution >= 4 is 23.2 Å². The lowest BCUT2D eigenvalue weighted by atomic mass is 10.2. The Labute approximate surface area is 151 Å². The van der Waals surface area contributed by atoms with Crippen LogP contribution in [0.5, 0.6) is 11.5 Å². The summed E-state index contributed by atoms with van der Waals surface area (Å²) in [4.78, 5) is 17.7. The zero-order valence-corrected chi connectivity index (χ0v) is 14.9. The van der Waals surface area contributed by atoms with E-state index in [0.717, 1.165) is 11.1 Å². The van der Waals surface area contributed by atoms with Crippen molar-refractivity contribution in [3.63, 3.8) is 0 Å². The van der Waals surface area contributed by atoms with Crippen molar-refractivity contribution in [3.8, 4) is 11.5 Å². The standard InChI is InChI=1S/C18H19N3O3S/c1-12-17(22)21(18(25)20-12)10-14-3-4-15(16(9-14)23-2)24-11-13-5-7-19-8-6-13/h3-9,12H,10-11H2,1-2H3,(H,20,25)/t12-/m0/s1. The van der Waals surface area contributed by atoms with Crippen LogP contribution in [0.4, 0.5) is 0 Å². The minimum Gasteiger partial charge on any atom is -0.493 e. The number of carbonyl (C=O) groups is 1. The van der Waals surface area contributed by atoms with Crippen LogP contribution < -0.4 is 14.8 Å². The summed E-state index contributed by atoms with van der Waals surface area (Å²) in [6, 6.07) is 9.13. The van der Waals surface area contributed by atoms with E-state index in [1.165, 1.54) is 0 Å². The monoisotopic (exact) mass is 357 g/mol. The highest BCUT2D eigenvalue weighted by Gasteiger charge is 2.32. The number of ether oxygens (including phenoxy) is 2. The normalized spacial score (nSPS) is 16.7. The molecule has 1 aliphatic rings. The lowest BCUT2D eigenvalue weighted by Crippen LogP contribution is -2.30. The molecular weight excluding hydrogens is 338 g/mol. The second-order valence-corrected chi connectivity index (χ2v) is 6.11. The molecule has 1 amide bonds. The lowest BCUT2D eigenvalue weighted by molar-refractivity contribution is -0.127. The minimum atomic E-state index is -0.280. The first-order chi connectivity index (χ1) is 12.1. The fraction of sp³-hybridized carbons (Fsp3) is 0.278. The van der Waals surface area contributed by atoms with E-state index in [0.29, 0.717) is 29.8 Å². The summed E-state index contributed by atoms with van der Waals surface area (Å²) in [6.45, 7) is 2.62. The summed E-state index contributed by atoms with van der Waals surface area (Å²) in [6.07, 6.45) is 3.45. The molecule has 0 radical (unpaired) electrons. The van der Waals surface area contributed by atoms with Gasteiger partial charge in [0.25, 0.3) is 5.91 Å². The molecule has 0 saturated carbocycles. The summed E-state index contributed by atoms with van der Waals surface area (Å²) in [7, 11) is 1.59. The summed E-state index contributed by atoms with van der Waals surface area (Å²) in [5.41, 5.74) is 1.94. The van der Waals surface area contributed by atoms with E-state index in [-0.39, 0.29) is 11.9 Å². The predicted octanol–water partition coefficient (Wildman–Crippen LogP) is 2.27. The molecule has 1 fully saturated rings. The molecule has 130 valence electrons. The maximum Gasteiger partial charge on any atom is 0.251 e. The molecule has 0 spiro atoms. The second-order valence-electron chi connectivity index (χ2n) is 5.72. The van der Waals surface area contributed by atoms with Gasteiger partial charge in [-0.25, -0.2) is 0 Å². The Morgan fingerprint density at radius 1 is 1.20 bits per heavy atom. The number of pyridine rings is 1. The maximum absolute atomic E-state index is 12.1. The number of benzene rings is 1. The van der Waals surface area contributed by atoms with Crippen LogP contribution >= 0.6 is 12.2 Å². The van der Waals surface area contributed by atoms with E-state index in [9.17, 15) is 4.79 Å². The molecular formula is C18H19N3O3S. The molecule has 6 nitrogen and oxygen atoms in total. The summed E-state index contributed by atoms with van der Waals surface area (Å²) in [5.74, 6) is 1.23. The topological polar surface area (TPSA) is 63.7 Å². The van der Waals surface area contributed by atoms with Crippen LogP contribution in [0.2, 0.25) is 0 Å². The first-order valence-corrected chi connectivity index (χ1v) is 8.30. The highest BCUT2D eigenvalue weighted by Crippen LogP contribution is 2.29. The van der Waals surface area contributed by atoms with E-state index >= 15 is 0 Å². The quantitative estimate of drug-likeness (QED) is 0.800. The summed E-state index contributed by atoms with van der Waals surface area (Å²) < 4.78 is 11.3. The molecule has 0 unspecified atom stereocenters. The van der Waals surface area contributed by atoms with Gasteiger partial charge in [-0.1, -0.05) is 6.07 Å². The second kappa shape index (κ2) is 7.48. The van der Waals surface area contributed by atoms with Gasteiger partial charge in [-0.2, -0.15) is 0 Å². The van der Waals surface area contributed by atoms with Crippen LogP contribution in [0.1, 0.15) is 18.1 Å². The largest absolute Gasteiger partial charge is 0.493 e. The number of thiocarbonyl (C=S) groups is 1. The molecule has 25 heavy (non-hydrogen) atoms. The van der Waals surface area contributed by atoms with E-state index in [2.05, 4.69) is 10.3 Å². The van der Waals surface area contributed by atoms with Gasteiger partial charge in [-0.3, -0.25) is 14.7 Å². The van der Waals surface area contributed by atoms with E-state index in [1.807, 2.05) is 30.3 Å². The maximum atomic E-state index is 12.1. The molecule has 3 rings (SSSR count). The molecule has 2 aromatic rings. The Morgan fingerprint density at radius 2 is 1.96 bits per heavy atom. The molecule has 1 saturated heterocycles. The molecule has 1 aromatic heterocycles. The van der Waals surface area contributed by atoms with Gasteiger partial charge in [-0.05, 0) is 54.5 Å². The number of nitrogens with one attached hydrogen (secondary N) is 1. The number of hydrogen-bond donors (Lipinski definition) is 1. The Balaban J connectivity index is 1.71. The Bertz CT molecular complexity index is 782. The zero-order valence-electron chi connectivity index (χ0n) is 14.1. The Morgan fingerprint density at radius 3 is 2.60 bits per heavy atom. The fourth-order valence-corrected chi connectivity index (χ4v) is 2.89. The van der Waals surface area contributed by atoms with Crippen molar-refractivity contribution in [1.82, 2.24) is 15.2 Å². The third-order valence-electron chi connectivity index (χ3n) is 3.93. The number of rotatable bonds is 6. The molecule has 1 atom stereocenters. The first kappa shape index (κ1) is 17.2. The summed E-state index contributed by atoms with van der Waals surface area (Å²) in [5, 5.41) is 3.42. The molecule has 2 heterocycles. The highest BCUT2D eigenvalue weighted by molar-refractivity contribution is 7.80. The smallest absolute Gasteiger partial charge is 0.251 e. The van der Waals surface area contributed by atoms with E-state index in [1.54, 1.807) is 31.3 Å². The van der Waals surface area contributed by atoms with Crippen LogP contribution in [0.3, 0.4) is 0 Å². The molecule has 0 bridgehead atoms. The number of carbonyl (C=O) groups excluding carboxylic acids is 1. The molecule has 0 aliphatic carbocycles. The fourth-order valence-electron chi connectivity index (χ4n) is 2.56. The van der Waals surface area contributed by atoms with Crippen molar-refractivity contribution in [3.05, 3.63) is 53.9 Å². The average molecular weight is 357 g/mol. The third kappa shape index (κ3) is 3.88. The SMILES string of the molecule is COc1cc(CN2C(=O)[C@H](C)NC2=S)ccc1OCc1ccncc1. The number of methoxy groups -OCH3 is 1. The lowest BCUT2D eigenvalue weighted by Gasteiger charge is -2.17. The van der Waals surface area contributed by atoms with Gasteiger partial charge in [0.15, 0.2) is 16.6 Å². The van der Waals surface area contributed by atoms with Crippen molar-refractivity contribution < 1.29 is 14.3 Å². The van der Waals surface area contributed by atoms with Crippen LogP contribution in [-0.4, -0.2) is 34.1 Å². The number of nitrogens with zero attached hydrogens (tertiary/aromatic N) is 2. The third-order valence-corrected chi connectivity index (χ3v) is 4.27. The van der Waals surface area contributed by atoms with E-state index < -0.39 is 0 Å². The van der Waals surface area contributed by atoms with Crippen molar-refractivity contribution in [2.24, 2.45) is 0 Å². The van der Waals surface area contributed by atoms with Gasteiger partial charge in [-0.15, -0.1) is 0 Å². The Hall–Kier alpha value is -2.67. The Kier molecular flexibility index (Phi) is 5.14. The zero-order chi connectivity index (χ0) is 17.8. The van der Waals surface area contributed by atoms with Gasteiger partial charge in [0.2, 0.25) is 0 Å². The predicted molar refractivity (Wildman–Crippen MR) is 97.3 cm³/mol. The van der Waals surface area contributed by atoms with Crippen LogP contribution in [0, 0.1) is 0 Å². The van der Waals surface area contributed by atoms with Crippen molar-refractivity contribution in [1.29, 1.82) is 0 Å². The molecule has 7 heteroatoms. The van der Waals surface area contributed by atoms with Gasteiger partial charge in [0.05, 0.1) is 13.7 Å². The summed E-state index contributed by atoms with van der Waals surface area (Å²) >= 11 is 5.21. The average Bonchev–Trinajstić information content (AvgIpc) is 2.87. The van der Waals surface area contributed by atoms with Crippen LogP contribution in [0.15, 0.2) is 42.7 Å². The first-order valence-electron chi connectivity index (χ1n) is 7.89. The number of hydrogen-bond acceptors (Lipinski definition) is 5. The number of amides is 1. The van der Waals surface area contributed by atoms with Crippen LogP contribution in [-0.2, 0) is 17.9 Å². The van der Waals surface area contributed by atoms with Crippen LogP contribution in [0.25, 0.3) is 0 Å². The minimum absolute atomic E-state index is 0.0259. The van der Waals surface area contributed by atoms with Gasteiger partial charge in [0, 0.05) is 12.4 Å². The molecule has 1 aliphatic heterocycles. The van der Waals surface area contributed by atoms with E-state index in [4.69, 9.17) is 21.7 Å². The van der Waals surface area contributed by atoms with Gasteiger partial charge >= 0.3 is 0 Å². The van der Waals surface area contributed by atoms with Crippen molar-refractivity contribution in [2.75, 3.05) is 7.11 Å². The van der Waals surface area contributed by atoms with Gasteiger partial charge < -0.3 is 14.8 Å². The molecule has 1 aromatic carbocycles. The van der Waals surface area contributed by atoms with Crippen molar-refractivity contribution in [2.45, 2.75) is 26.1 Å².